The van der Waals surface area contributed by atoms with Crippen molar-refractivity contribution in [1.29, 1.82) is 0 Å². The van der Waals surface area contributed by atoms with Gasteiger partial charge in [0.15, 0.2) is 0 Å². The third-order valence-corrected chi connectivity index (χ3v) is 3.29. The molecule has 0 fully saturated rings. The Bertz CT molecular complexity index is 584. The molecule has 2 heteroatoms. The molecule has 0 heterocycles. The summed E-state index contributed by atoms with van der Waals surface area (Å²) in [4.78, 5) is 0. The van der Waals surface area contributed by atoms with Gasteiger partial charge in [-0.3, -0.25) is 0 Å². The maximum absolute atomic E-state index is 10.1. The van der Waals surface area contributed by atoms with Crippen LogP contribution in [-0.4, -0.2) is 5.11 Å². The van der Waals surface area contributed by atoms with Crippen molar-refractivity contribution in [1.82, 2.24) is 0 Å². The quantitative estimate of drug-likeness (QED) is 0.611. The van der Waals surface area contributed by atoms with Crippen molar-refractivity contribution >= 4 is 0 Å². The van der Waals surface area contributed by atoms with Crippen molar-refractivity contribution in [2.75, 3.05) is 0 Å². The molecule has 2 rings (SSSR count). The molecule has 0 bridgehead atoms. The number of rotatable bonds is 7. The molecule has 2 nitrogen and oxygen atoms in total. The minimum Gasteiger partial charge on any atom is -0.489 e. The molecule has 2 aromatic carbocycles. The van der Waals surface area contributed by atoms with Crippen LogP contribution in [0.3, 0.4) is 0 Å². The lowest BCUT2D eigenvalue weighted by Crippen LogP contribution is -1.99. The van der Waals surface area contributed by atoms with Crippen molar-refractivity contribution in [2.45, 2.75) is 32.0 Å². The van der Waals surface area contributed by atoms with E-state index in [0.717, 1.165) is 23.3 Å². The average Bonchev–Trinajstić information content (AvgIpc) is 2.54. The molecule has 21 heavy (non-hydrogen) atoms. The van der Waals surface area contributed by atoms with Crippen LogP contribution < -0.4 is 4.74 Å². The van der Waals surface area contributed by atoms with Gasteiger partial charge in [-0.2, -0.15) is 0 Å². The molecule has 0 amide bonds. The molecule has 0 aliphatic carbocycles. The Morgan fingerprint density at radius 1 is 1.10 bits per heavy atom. The summed E-state index contributed by atoms with van der Waals surface area (Å²) in [6.45, 7) is 0.525. The molecule has 1 atom stereocenters. The van der Waals surface area contributed by atoms with E-state index in [4.69, 9.17) is 11.2 Å². The van der Waals surface area contributed by atoms with E-state index in [-0.39, 0.29) is 0 Å². The monoisotopic (exact) mass is 280 g/mol. The van der Waals surface area contributed by atoms with Crippen LogP contribution in [0, 0.1) is 12.3 Å². The number of unbranched alkanes of at least 4 members (excludes halogenated alkanes) is 1. The molecule has 0 aliphatic heterocycles. The first kappa shape index (κ1) is 15.2. The van der Waals surface area contributed by atoms with Gasteiger partial charge in [0.2, 0.25) is 0 Å². The van der Waals surface area contributed by atoms with Crippen LogP contribution in [0.5, 0.6) is 5.75 Å². The van der Waals surface area contributed by atoms with E-state index in [9.17, 15) is 5.11 Å². The van der Waals surface area contributed by atoms with Gasteiger partial charge in [0.05, 0.1) is 6.10 Å². The standard InChI is InChI=1S/C19H20O2/c1-2-3-5-13-19(20)17-11-8-12-18(14-17)21-15-16-9-6-4-7-10-16/h1,4,6-12,14,19-20H,3,5,13,15H2. The van der Waals surface area contributed by atoms with E-state index >= 15 is 0 Å². The van der Waals surface area contributed by atoms with E-state index in [1.807, 2.05) is 54.6 Å². The zero-order chi connectivity index (χ0) is 14.9. The lowest BCUT2D eigenvalue weighted by molar-refractivity contribution is 0.164. The van der Waals surface area contributed by atoms with Crippen LogP contribution >= 0.6 is 0 Å². The number of aliphatic hydroxyl groups excluding tert-OH is 1. The van der Waals surface area contributed by atoms with Crippen LogP contribution in [0.1, 0.15) is 36.5 Å². The highest BCUT2D eigenvalue weighted by Crippen LogP contribution is 2.23. The summed E-state index contributed by atoms with van der Waals surface area (Å²) in [5, 5.41) is 10.1. The molecule has 0 aromatic heterocycles. The Kier molecular flexibility index (Phi) is 5.87. The van der Waals surface area contributed by atoms with Crippen molar-refractivity contribution in [3.05, 3.63) is 65.7 Å². The fourth-order valence-electron chi connectivity index (χ4n) is 2.12. The Balaban J connectivity index is 1.93. The van der Waals surface area contributed by atoms with Gasteiger partial charge in [-0.1, -0.05) is 42.5 Å². The summed E-state index contributed by atoms with van der Waals surface area (Å²) in [5.41, 5.74) is 2.00. The van der Waals surface area contributed by atoms with Gasteiger partial charge in [0, 0.05) is 6.42 Å². The van der Waals surface area contributed by atoms with Crippen molar-refractivity contribution in [3.8, 4) is 18.1 Å². The third kappa shape index (κ3) is 4.98. The van der Waals surface area contributed by atoms with Crippen LogP contribution in [0.4, 0.5) is 0 Å². The predicted octanol–water partition coefficient (Wildman–Crippen LogP) is 4.10. The Labute approximate surface area is 126 Å². The molecule has 1 unspecified atom stereocenters. The van der Waals surface area contributed by atoms with Gasteiger partial charge in [-0.25, -0.2) is 0 Å². The van der Waals surface area contributed by atoms with E-state index in [1.54, 1.807) is 0 Å². The number of aliphatic hydroxyl groups is 1. The van der Waals surface area contributed by atoms with Gasteiger partial charge >= 0.3 is 0 Å². The summed E-state index contributed by atoms with van der Waals surface area (Å²) in [7, 11) is 0. The Hall–Kier alpha value is -2.24. The molecule has 0 radical (unpaired) electrons. The van der Waals surface area contributed by atoms with E-state index in [2.05, 4.69) is 5.92 Å². The first-order chi connectivity index (χ1) is 10.3. The van der Waals surface area contributed by atoms with E-state index in [0.29, 0.717) is 19.4 Å². The second-order valence-corrected chi connectivity index (χ2v) is 4.96. The smallest absolute Gasteiger partial charge is 0.120 e. The summed E-state index contributed by atoms with van der Waals surface area (Å²) >= 11 is 0. The number of benzene rings is 2. The SMILES string of the molecule is C#CCCCC(O)c1cccc(OCc2ccccc2)c1. The second kappa shape index (κ2) is 8.14. The van der Waals surface area contributed by atoms with Crippen LogP contribution in [0.25, 0.3) is 0 Å². The van der Waals surface area contributed by atoms with Gasteiger partial charge in [-0.15, -0.1) is 12.3 Å². The minimum absolute atomic E-state index is 0.487. The highest BCUT2D eigenvalue weighted by atomic mass is 16.5. The first-order valence-corrected chi connectivity index (χ1v) is 7.18. The third-order valence-electron chi connectivity index (χ3n) is 3.29. The number of ether oxygens (including phenoxy) is 1. The molecule has 108 valence electrons. The number of hydrogen-bond donors (Lipinski definition) is 1. The zero-order valence-electron chi connectivity index (χ0n) is 12.0. The molecule has 1 N–H and O–H groups in total. The van der Waals surface area contributed by atoms with Gasteiger partial charge < -0.3 is 9.84 Å². The minimum atomic E-state index is -0.487. The molecule has 0 saturated heterocycles. The summed E-state index contributed by atoms with van der Waals surface area (Å²) in [6, 6.07) is 17.6. The fourth-order valence-corrected chi connectivity index (χ4v) is 2.12. The Morgan fingerprint density at radius 2 is 1.90 bits per heavy atom. The van der Waals surface area contributed by atoms with Gasteiger partial charge in [0.25, 0.3) is 0 Å². The second-order valence-electron chi connectivity index (χ2n) is 4.96. The predicted molar refractivity (Wildman–Crippen MR) is 84.9 cm³/mol. The molecular formula is C19H20O2. The number of hydrogen-bond acceptors (Lipinski definition) is 2. The average molecular weight is 280 g/mol. The van der Waals surface area contributed by atoms with E-state index in [1.165, 1.54) is 0 Å². The zero-order valence-corrected chi connectivity index (χ0v) is 12.0. The highest BCUT2D eigenvalue weighted by molar-refractivity contribution is 5.30. The number of terminal acetylenes is 1. The maximum Gasteiger partial charge on any atom is 0.120 e. The maximum atomic E-state index is 10.1. The summed E-state index contributed by atoms with van der Waals surface area (Å²) in [6.07, 6.45) is 6.93. The highest BCUT2D eigenvalue weighted by Gasteiger charge is 2.08. The fraction of sp³-hybridized carbons (Fsp3) is 0.263. The lowest BCUT2D eigenvalue weighted by atomic mass is 10.0. The lowest BCUT2D eigenvalue weighted by Gasteiger charge is -2.12. The topological polar surface area (TPSA) is 29.5 Å². The summed E-state index contributed by atoms with van der Waals surface area (Å²) < 4.78 is 5.77. The molecular weight excluding hydrogens is 260 g/mol. The summed E-state index contributed by atoms with van der Waals surface area (Å²) in [5.74, 6) is 3.36. The van der Waals surface area contributed by atoms with Crippen LogP contribution in [-0.2, 0) is 6.61 Å². The largest absolute Gasteiger partial charge is 0.489 e. The molecule has 0 spiro atoms. The molecule has 0 aliphatic rings. The Morgan fingerprint density at radius 3 is 2.67 bits per heavy atom. The van der Waals surface area contributed by atoms with Crippen molar-refractivity contribution < 1.29 is 9.84 Å². The normalized spacial score (nSPS) is 11.6. The van der Waals surface area contributed by atoms with E-state index < -0.39 is 6.10 Å². The molecule has 2 aromatic rings. The van der Waals surface area contributed by atoms with Crippen molar-refractivity contribution in [3.63, 3.8) is 0 Å². The van der Waals surface area contributed by atoms with Crippen molar-refractivity contribution in [2.24, 2.45) is 0 Å². The van der Waals surface area contributed by atoms with Gasteiger partial charge in [0.1, 0.15) is 12.4 Å². The first-order valence-electron chi connectivity index (χ1n) is 7.18. The van der Waals surface area contributed by atoms with Crippen LogP contribution in [0.15, 0.2) is 54.6 Å². The molecule has 0 saturated carbocycles. The van der Waals surface area contributed by atoms with Gasteiger partial charge in [-0.05, 0) is 36.1 Å². The van der Waals surface area contributed by atoms with Crippen LogP contribution in [0.2, 0.25) is 0 Å².